The summed E-state index contributed by atoms with van der Waals surface area (Å²) < 4.78 is 0. The maximum Gasteiger partial charge on any atom is 0.154 e. The van der Waals surface area contributed by atoms with Gasteiger partial charge in [0.25, 0.3) is 0 Å². The number of benzene rings is 1. The second kappa shape index (κ2) is 5.96. The van der Waals surface area contributed by atoms with E-state index in [0.29, 0.717) is 5.82 Å². The molecule has 0 atom stereocenters. The van der Waals surface area contributed by atoms with Gasteiger partial charge in [-0.25, -0.2) is 0 Å². The molecule has 0 spiro atoms. The highest BCUT2D eigenvalue weighted by atomic mass is 15.2. The van der Waals surface area contributed by atoms with Crippen LogP contribution in [0.2, 0.25) is 0 Å². The number of aromatic nitrogens is 2. The summed E-state index contributed by atoms with van der Waals surface area (Å²) in [5.74, 6) is 1.31. The molecule has 4 N–H and O–H groups in total. The van der Waals surface area contributed by atoms with Gasteiger partial charge in [0, 0.05) is 18.3 Å². The van der Waals surface area contributed by atoms with E-state index in [2.05, 4.69) is 44.7 Å². The van der Waals surface area contributed by atoms with Gasteiger partial charge in [0.05, 0.1) is 0 Å². The predicted octanol–water partition coefficient (Wildman–Crippen LogP) is 2.72. The summed E-state index contributed by atoms with van der Waals surface area (Å²) in [6.45, 7) is 3.51. The summed E-state index contributed by atoms with van der Waals surface area (Å²) in [5, 5.41) is 9.99. The topological polar surface area (TPSA) is 70.0 Å². The number of aromatic amines is 1. The van der Waals surface area contributed by atoms with Crippen molar-refractivity contribution in [3.8, 4) is 0 Å². The van der Waals surface area contributed by atoms with Crippen LogP contribution in [0.1, 0.15) is 24.8 Å². The van der Waals surface area contributed by atoms with Gasteiger partial charge in [-0.3, -0.25) is 10.00 Å². The number of rotatable bonds is 4. The molecule has 1 saturated heterocycles. The molecule has 1 fully saturated rings. The predicted molar refractivity (Wildman–Crippen MR) is 81.9 cm³/mol. The lowest BCUT2D eigenvalue weighted by Crippen LogP contribution is -2.29. The number of nitrogens with zero attached hydrogens (tertiary/aromatic N) is 2. The molecule has 106 valence electrons. The maximum atomic E-state index is 5.60. The monoisotopic (exact) mass is 271 g/mol. The Morgan fingerprint density at radius 1 is 1.15 bits per heavy atom. The molecule has 5 heteroatoms. The van der Waals surface area contributed by atoms with Gasteiger partial charge < -0.3 is 11.1 Å². The molecule has 0 bridgehead atoms. The third-order valence-electron chi connectivity index (χ3n) is 3.68. The first-order chi connectivity index (χ1) is 9.79. The molecule has 1 aliphatic rings. The van der Waals surface area contributed by atoms with Crippen LogP contribution in [0.3, 0.4) is 0 Å². The number of nitrogens with one attached hydrogen (secondary N) is 2. The van der Waals surface area contributed by atoms with E-state index in [9.17, 15) is 0 Å². The van der Waals surface area contributed by atoms with E-state index in [1.165, 1.54) is 37.9 Å². The number of nitrogen functional groups attached to an aromatic ring is 1. The van der Waals surface area contributed by atoms with Crippen molar-refractivity contribution in [2.75, 3.05) is 24.1 Å². The molecule has 3 rings (SSSR count). The molecule has 0 radical (unpaired) electrons. The highest BCUT2D eigenvalue weighted by Gasteiger charge is 2.10. The standard InChI is InChI=1S/C15H21N5/c16-14-10-15(19-18-14)17-13-6-4-12(5-7-13)11-20-8-2-1-3-9-20/h4-7,10H,1-3,8-9,11H2,(H4,16,17,18,19). The minimum atomic E-state index is 0.564. The normalized spacial score (nSPS) is 16.2. The zero-order valence-corrected chi connectivity index (χ0v) is 11.6. The first kappa shape index (κ1) is 13.0. The van der Waals surface area contributed by atoms with E-state index in [1.807, 2.05) is 0 Å². The lowest BCUT2D eigenvalue weighted by Gasteiger charge is -2.26. The van der Waals surface area contributed by atoms with Crippen LogP contribution in [0, 0.1) is 0 Å². The van der Waals surface area contributed by atoms with Crippen molar-refractivity contribution in [3.63, 3.8) is 0 Å². The lowest BCUT2D eigenvalue weighted by atomic mass is 10.1. The number of H-pyrrole nitrogens is 1. The highest BCUT2D eigenvalue weighted by molar-refractivity contribution is 5.58. The molecule has 0 amide bonds. The van der Waals surface area contributed by atoms with Crippen LogP contribution >= 0.6 is 0 Å². The Morgan fingerprint density at radius 2 is 1.90 bits per heavy atom. The Balaban J connectivity index is 1.59. The molecular formula is C15H21N5. The van der Waals surface area contributed by atoms with Crippen LogP contribution in [0.4, 0.5) is 17.3 Å². The Hall–Kier alpha value is -2.01. The quantitative estimate of drug-likeness (QED) is 0.799. The van der Waals surface area contributed by atoms with Gasteiger partial charge in [-0.2, -0.15) is 5.10 Å². The van der Waals surface area contributed by atoms with E-state index >= 15 is 0 Å². The largest absolute Gasteiger partial charge is 0.384 e. The van der Waals surface area contributed by atoms with E-state index in [0.717, 1.165) is 18.1 Å². The van der Waals surface area contributed by atoms with Crippen LogP contribution in [0.5, 0.6) is 0 Å². The number of hydrogen-bond acceptors (Lipinski definition) is 4. The SMILES string of the molecule is Nc1cc(Nc2ccc(CN3CCCCC3)cc2)n[nH]1. The smallest absolute Gasteiger partial charge is 0.154 e. The first-order valence-electron chi connectivity index (χ1n) is 7.19. The average Bonchev–Trinajstić information content (AvgIpc) is 2.88. The number of anilines is 3. The van der Waals surface area contributed by atoms with E-state index in [4.69, 9.17) is 5.73 Å². The Morgan fingerprint density at radius 3 is 2.55 bits per heavy atom. The number of hydrogen-bond donors (Lipinski definition) is 3. The summed E-state index contributed by atoms with van der Waals surface area (Å²) >= 11 is 0. The lowest BCUT2D eigenvalue weighted by molar-refractivity contribution is 0.221. The number of piperidine rings is 1. The van der Waals surface area contributed by atoms with Gasteiger partial charge in [0.2, 0.25) is 0 Å². The molecule has 1 aromatic carbocycles. The third-order valence-corrected chi connectivity index (χ3v) is 3.68. The van der Waals surface area contributed by atoms with E-state index < -0.39 is 0 Å². The second-order valence-corrected chi connectivity index (χ2v) is 5.37. The van der Waals surface area contributed by atoms with Crippen LogP contribution in [-0.2, 0) is 6.54 Å². The van der Waals surface area contributed by atoms with Crippen LogP contribution < -0.4 is 11.1 Å². The Labute approximate surface area is 119 Å². The van der Waals surface area contributed by atoms with Crippen molar-refractivity contribution in [1.82, 2.24) is 15.1 Å². The highest BCUT2D eigenvalue weighted by Crippen LogP contribution is 2.18. The van der Waals surface area contributed by atoms with Crippen molar-refractivity contribution in [3.05, 3.63) is 35.9 Å². The second-order valence-electron chi connectivity index (χ2n) is 5.37. The van der Waals surface area contributed by atoms with Crippen molar-refractivity contribution in [2.45, 2.75) is 25.8 Å². The maximum absolute atomic E-state index is 5.60. The average molecular weight is 271 g/mol. The molecule has 1 aliphatic heterocycles. The summed E-state index contributed by atoms with van der Waals surface area (Å²) in [7, 11) is 0. The number of likely N-dealkylation sites (tertiary alicyclic amines) is 1. The van der Waals surface area contributed by atoms with Gasteiger partial charge in [0.15, 0.2) is 5.82 Å². The minimum absolute atomic E-state index is 0.564. The molecule has 2 aromatic rings. The van der Waals surface area contributed by atoms with Gasteiger partial charge in [-0.1, -0.05) is 18.6 Å². The summed E-state index contributed by atoms with van der Waals surface area (Å²) in [4.78, 5) is 2.53. The molecule has 1 aromatic heterocycles. The minimum Gasteiger partial charge on any atom is -0.384 e. The first-order valence-corrected chi connectivity index (χ1v) is 7.19. The molecule has 5 nitrogen and oxygen atoms in total. The Bertz CT molecular complexity index is 540. The fraction of sp³-hybridized carbons (Fsp3) is 0.400. The van der Waals surface area contributed by atoms with Crippen molar-refractivity contribution < 1.29 is 0 Å². The summed E-state index contributed by atoms with van der Waals surface area (Å²) in [5.41, 5.74) is 7.98. The van der Waals surface area contributed by atoms with Gasteiger partial charge in [0.1, 0.15) is 5.82 Å². The van der Waals surface area contributed by atoms with Crippen LogP contribution in [0.15, 0.2) is 30.3 Å². The van der Waals surface area contributed by atoms with E-state index in [-0.39, 0.29) is 0 Å². The third kappa shape index (κ3) is 3.30. The van der Waals surface area contributed by atoms with Gasteiger partial charge >= 0.3 is 0 Å². The zero-order valence-electron chi connectivity index (χ0n) is 11.6. The van der Waals surface area contributed by atoms with E-state index in [1.54, 1.807) is 6.07 Å². The molecule has 20 heavy (non-hydrogen) atoms. The fourth-order valence-electron chi connectivity index (χ4n) is 2.62. The molecule has 2 heterocycles. The number of nitrogens with two attached hydrogens (primary N) is 1. The molecular weight excluding hydrogens is 250 g/mol. The van der Waals surface area contributed by atoms with Crippen LogP contribution in [0.25, 0.3) is 0 Å². The van der Waals surface area contributed by atoms with Gasteiger partial charge in [-0.05, 0) is 43.6 Å². The molecule has 0 unspecified atom stereocenters. The van der Waals surface area contributed by atoms with Gasteiger partial charge in [-0.15, -0.1) is 0 Å². The summed E-state index contributed by atoms with van der Waals surface area (Å²) in [6.07, 6.45) is 4.05. The molecule has 0 saturated carbocycles. The molecule has 0 aliphatic carbocycles. The Kier molecular flexibility index (Phi) is 3.87. The van der Waals surface area contributed by atoms with Crippen molar-refractivity contribution >= 4 is 17.3 Å². The zero-order chi connectivity index (χ0) is 13.8. The van der Waals surface area contributed by atoms with Crippen LogP contribution in [-0.4, -0.2) is 28.2 Å². The van der Waals surface area contributed by atoms with Crippen molar-refractivity contribution in [1.29, 1.82) is 0 Å². The van der Waals surface area contributed by atoms with Crippen molar-refractivity contribution in [2.24, 2.45) is 0 Å². The summed E-state index contributed by atoms with van der Waals surface area (Å²) in [6, 6.07) is 10.3. The fourth-order valence-corrected chi connectivity index (χ4v) is 2.62.